The molecule has 0 unspecified atom stereocenters. The van der Waals surface area contributed by atoms with Gasteiger partial charge in [0, 0.05) is 13.2 Å². The van der Waals surface area contributed by atoms with Gasteiger partial charge in [-0.3, -0.25) is 9.59 Å². The molecule has 3 heterocycles. The summed E-state index contributed by atoms with van der Waals surface area (Å²) in [6.45, 7) is 8.30. The second-order valence-electron chi connectivity index (χ2n) is 7.81. The molecule has 146 valence electrons. The van der Waals surface area contributed by atoms with E-state index in [2.05, 4.69) is 6.92 Å². The van der Waals surface area contributed by atoms with E-state index in [1.165, 1.54) is 0 Å². The quantitative estimate of drug-likeness (QED) is 0.338. The van der Waals surface area contributed by atoms with Crippen LogP contribution in [0.25, 0.3) is 0 Å². The molecule has 0 radical (unpaired) electrons. The molecule has 3 aliphatic heterocycles. The molecule has 3 rings (SSSR count). The summed E-state index contributed by atoms with van der Waals surface area (Å²) in [5.41, 5.74) is -0.645. The molecule has 1 spiro atoms. The van der Waals surface area contributed by atoms with Crippen LogP contribution in [0.15, 0.2) is 12.2 Å². The molecule has 0 saturated carbocycles. The summed E-state index contributed by atoms with van der Waals surface area (Å²) in [5.74, 6) is -1.23. The van der Waals surface area contributed by atoms with E-state index in [-0.39, 0.29) is 24.1 Å². The monoisotopic (exact) mass is 365 g/mol. The molecule has 6 heteroatoms. The van der Waals surface area contributed by atoms with Gasteiger partial charge >= 0.3 is 5.97 Å². The van der Waals surface area contributed by atoms with Crippen LogP contribution in [-0.2, 0) is 23.8 Å². The molecule has 6 nitrogen and oxygen atoms in total. The number of rotatable bonds is 10. The molecule has 0 aromatic heterocycles. The molecular weight excluding hydrogens is 334 g/mol. The first-order valence-corrected chi connectivity index (χ1v) is 9.92. The first kappa shape index (κ1) is 19.4. The van der Waals surface area contributed by atoms with Crippen LogP contribution in [0.5, 0.6) is 0 Å². The molecule has 0 aliphatic carbocycles. The SMILES string of the molecule is CCCCCOC(=O)[C@@H]1[C@H]2C=C[C@@]3(CN(CCCOC(C)C)C(=O)[C@@H]13)O2. The number of ether oxygens (including phenoxy) is 3. The van der Waals surface area contributed by atoms with Crippen LogP contribution in [-0.4, -0.2) is 60.9 Å². The van der Waals surface area contributed by atoms with Crippen LogP contribution in [0.3, 0.4) is 0 Å². The maximum Gasteiger partial charge on any atom is 0.312 e. The summed E-state index contributed by atoms with van der Waals surface area (Å²) in [5, 5.41) is 0. The molecule has 2 fully saturated rings. The molecular formula is C20H31NO5. The van der Waals surface area contributed by atoms with Gasteiger partial charge in [0.05, 0.1) is 31.3 Å². The van der Waals surface area contributed by atoms with Crippen molar-refractivity contribution in [2.24, 2.45) is 11.8 Å². The van der Waals surface area contributed by atoms with Gasteiger partial charge in [0.2, 0.25) is 5.91 Å². The van der Waals surface area contributed by atoms with Gasteiger partial charge in [-0.1, -0.05) is 31.9 Å². The van der Waals surface area contributed by atoms with Gasteiger partial charge in [-0.2, -0.15) is 0 Å². The number of fused-ring (bicyclic) bond motifs is 1. The topological polar surface area (TPSA) is 65.1 Å². The van der Waals surface area contributed by atoms with Gasteiger partial charge in [-0.05, 0) is 26.7 Å². The van der Waals surface area contributed by atoms with Gasteiger partial charge in [-0.15, -0.1) is 0 Å². The zero-order valence-electron chi connectivity index (χ0n) is 16.1. The van der Waals surface area contributed by atoms with Gasteiger partial charge in [0.1, 0.15) is 11.5 Å². The zero-order valence-corrected chi connectivity index (χ0v) is 16.1. The van der Waals surface area contributed by atoms with E-state index in [9.17, 15) is 9.59 Å². The second kappa shape index (κ2) is 8.09. The lowest BCUT2D eigenvalue weighted by atomic mass is 9.77. The van der Waals surface area contributed by atoms with Crippen LogP contribution in [0, 0.1) is 11.8 Å². The Morgan fingerprint density at radius 1 is 1.35 bits per heavy atom. The Bertz CT molecular complexity index is 560. The molecule has 1 amide bonds. The van der Waals surface area contributed by atoms with Crippen LogP contribution < -0.4 is 0 Å². The van der Waals surface area contributed by atoms with Crippen LogP contribution in [0.2, 0.25) is 0 Å². The van der Waals surface area contributed by atoms with Crippen molar-refractivity contribution in [3.63, 3.8) is 0 Å². The minimum atomic E-state index is -0.645. The predicted molar refractivity (Wildman–Crippen MR) is 96.5 cm³/mol. The Hall–Kier alpha value is -1.40. The van der Waals surface area contributed by atoms with Crippen molar-refractivity contribution in [3.05, 3.63) is 12.2 Å². The van der Waals surface area contributed by atoms with Crippen LogP contribution in [0.4, 0.5) is 0 Å². The Kier molecular flexibility index (Phi) is 6.03. The number of hydrogen-bond acceptors (Lipinski definition) is 5. The summed E-state index contributed by atoms with van der Waals surface area (Å²) in [6, 6.07) is 0. The third-order valence-corrected chi connectivity index (χ3v) is 5.47. The minimum absolute atomic E-state index is 0.0110. The van der Waals surface area contributed by atoms with E-state index in [0.717, 1.165) is 25.7 Å². The van der Waals surface area contributed by atoms with Crippen molar-refractivity contribution < 1.29 is 23.8 Å². The number of esters is 1. The number of amides is 1. The second-order valence-corrected chi connectivity index (χ2v) is 7.81. The largest absolute Gasteiger partial charge is 0.465 e. The first-order valence-electron chi connectivity index (χ1n) is 9.92. The fourth-order valence-electron chi connectivity index (χ4n) is 4.23. The fraction of sp³-hybridized carbons (Fsp3) is 0.800. The standard InChI is InChI=1S/C20H31NO5/c1-4-5-6-11-25-19(23)16-15-8-9-20(26-15)13-21(18(22)17(16)20)10-7-12-24-14(2)3/h8-9,14-17H,4-7,10-13H2,1-3H3/t15-,16-,17-,20+/m1/s1. The molecule has 26 heavy (non-hydrogen) atoms. The van der Waals surface area contributed by atoms with E-state index in [4.69, 9.17) is 14.2 Å². The highest BCUT2D eigenvalue weighted by molar-refractivity contribution is 5.91. The number of hydrogen-bond donors (Lipinski definition) is 0. The maximum absolute atomic E-state index is 13.0. The lowest BCUT2D eigenvalue weighted by Crippen LogP contribution is -2.40. The molecule has 0 aromatic carbocycles. The molecule has 2 bridgehead atoms. The number of unbranched alkanes of at least 4 members (excludes halogenated alkanes) is 2. The van der Waals surface area contributed by atoms with E-state index in [1.54, 1.807) is 0 Å². The fourth-order valence-corrected chi connectivity index (χ4v) is 4.23. The number of likely N-dealkylation sites (tertiary alicyclic amines) is 1. The Balaban J connectivity index is 1.59. The number of nitrogens with zero attached hydrogens (tertiary/aromatic N) is 1. The average Bonchev–Trinajstić information content (AvgIpc) is 3.24. The van der Waals surface area contributed by atoms with E-state index < -0.39 is 17.4 Å². The van der Waals surface area contributed by atoms with Gasteiger partial charge in [-0.25, -0.2) is 0 Å². The average molecular weight is 365 g/mol. The smallest absolute Gasteiger partial charge is 0.312 e. The highest BCUT2D eigenvalue weighted by Crippen LogP contribution is 2.52. The van der Waals surface area contributed by atoms with E-state index >= 15 is 0 Å². The third-order valence-electron chi connectivity index (χ3n) is 5.47. The molecule has 0 aromatic rings. The molecule has 0 N–H and O–H groups in total. The Morgan fingerprint density at radius 3 is 2.88 bits per heavy atom. The highest BCUT2D eigenvalue weighted by Gasteiger charge is 2.67. The summed E-state index contributed by atoms with van der Waals surface area (Å²) in [7, 11) is 0. The Labute approximate surface area is 155 Å². The summed E-state index contributed by atoms with van der Waals surface area (Å²) in [4.78, 5) is 27.4. The molecule has 2 saturated heterocycles. The number of carbonyl (C=O) groups is 2. The minimum Gasteiger partial charge on any atom is -0.465 e. The van der Waals surface area contributed by atoms with Gasteiger partial charge in [0.25, 0.3) is 0 Å². The summed E-state index contributed by atoms with van der Waals surface area (Å²) in [6.07, 6.45) is 7.53. The highest BCUT2D eigenvalue weighted by atomic mass is 16.6. The maximum atomic E-state index is 13.0. The van der Waals surface area contributed by atoms with Gasteiger partial charge < -0.3 is 19.1 Å². The normalized spacial score (nSPS) is 31.9. The van der Waals surface area contributed by atoms with Crippen molar-refractivity contribution in [2.45, 2.75) is 64.3 Å². The van der Waals surface area contributed by atoms with Crippen molar-refractivity contribution in [1.29, 1.82) is 0 Å². The first-order chi connectivity index (χ1) is 12.5. The summed E-state index contributed by atoms with van der Waals surface area (Å²) >= 11 is 0. The van der Waals surface area contributed by atoms with Crippen molar-refractivity contribution in [3.8, 4) is 0 Å². The van der Waals surface area contributed by atoms with Gasteiger partial charge in [0.15, 0.2) is 0 Å². The zero-order chi connectivity index (χ0) is 18.7. The van der Waals surface area contributed by atoms with Crippen LogP contribution >= 0.6 is 0 Å². The van der Waals surface area contributed by atoms with E-state index in [1.807, 2.05) is 30.9 Å². The third kappa shape index (κ3) is 3.67. The van der Waals surface area contributed by atoms with E-state index in [0.29, 0.717) is 26.3 Å². The summed E-state index contributed by atoms with van der Waals surface area (Å²) < 4.78 is 17.1. The van der Waals surface area contributed by atoms with Crippen molar-refractivity contribution in [1.82, 2.24) is 4.90 Å². The lowest BCUT2D eigenvalue weighted by Gasteiger charge is -2.22. The Morgan fingerprint density at radius 2 is 2.15 bits per heavy atom. The lowest BCUT2D eigenvalue weighted by molar-refractivity contribution is -0.154. The van der Waals surface area contributed by atoms with Crippen molar-refractivity contribution in [2.75, 3.05) is 26.3 Å². The molecule has 4 atom stereocenters. The van der Waals surface area contributed by atoms with Crippen LogP contribution in [0.1, 0.15) is 46.5 Å². The predicted octanol–water partition coefficient (Wildman–Crippen LogP) is 2.32. The van der Waals surface area contributed by atoms with Crippen molar-refractivity contribution >= 4 is 11.9 Å². The number of carbonyl (C=O) groups excluding carboxylic acids is 2. The molecule has 3 aliphatic rings.